The van der Waals surface area contributed by atoms with E-state index in [9.17, 15) is 23.2 Å². The van der Waals surface area contributed by atoms with E-state index in [1.807, 2.05) is 0 Å². The van der Waals surface area contributed by atoms with Gasteiger partial charge in [0.1, 0.15) is 18.0 Å². The third-order valence-corrected chi connectivity index (χ3v) is 7.12. The molecule has 0 bridgehead atoms. The van der Waals surface area contributed by atoms with E-state index in [-0.39, 0.29) is 45.1 Å². The van der Waals surface area contributed by atoms with Crippen LogP contribution in [0.2, 0.25) is 10.0 Å². The maximum absolute atomic E-state index is 13.2. The summed E-state index contributed by atoms with van der Waals surface area (Å²) in [5, 5.41) is 8.04. The number of rotatable bonds is 11. The number of alkyl halides is 2. The SMILES string of the molecule is COC(C)(C)C(=O)NCc1ccc(Cl)c(C(=O)Nc2ccc(OCC(F)F)c(C(=O)Nc3ccc(Br)cc3)c2)c1Cl. The summed E-state index contributed by atoms with van der Waals surface area (Å²) in [6, 6.07) is 13.7. The zero-order valence-corrected chi connectivity index (χ0v) is 25.2. The van der Waals surface area contributed by atoms with E-state index in [0.29, 0.717) is 11.3 Å². The lowest BCUT2D eigenvalue weighted by atomic mass is 10.1. The second-order valence-corrected chi connectivity index (χ2v) is 10.8. The van der Waals surface area contributed by atoms with Crippen LogP contribution in [-0.4, -0.2) is 43.5 Å². The summed E-state index contributed by atoms with van der Waals surface area (Å²) in [4.78, 5) is 38.7. The molecule has 3 aromatic carbocycles. The Hall–Kier alpha value is -3.25. The average Bonchev–Trinajstić information content (AvgIpc) is 2.92. The first-order chi connectivity index (χ1) is 19.3. The van der Waals surface area contributed by atoms with Crippen LogP contribution in [0.4, 0.5) is 20.2 Å². The molecular formula is C28H26BrCl2F2N3O5. The lowest BCUT2D eigenvalue weighted by Gasteiger charge is -2.22. The van der Waals surface area contributed by atoms with Crippen LogP contribution in [0.25, 0.3) is 0 Å². The van der Waals surface area contributed by atoms with Crippen molar-refractivity contribution in [1.82, 2.24) is 5.32 Å². The van der Waals surface area contributed by atoms with Crippen molar-refractivity contribution in [2.24, 2.45) is 0 Å². The van der Waals surface area contributed by atoms with Gasteiger partial charge in [0.2, 0.25) is 0 Å². The summed E-state index contributed by atoms with van der Waals surface area (Å²) in [5.74, 6) is -1.85. The van der Waals surface area contributed by atoms with Gasteiger partial charge in [0.15, 0.2) is 0 Å². The van der Waals surface area contributed by atoms with Crippen LogP contribution in [0.3, 0.4) is 0 Å². The van der Waals surface area contributed by atoms with Crippen LogP contribution in [-0.2, 0) is 16.1 Å². The first kappa shape index (κ1) is 32.3. The number of amides is 3. The Morgan fingerprint density at radius 2 is 1.59 bits per heavy atom. The van der Waals surface area contributed by atoms with E-state index in [1.54, 1.807) is 44.2 Å². The van der Waals surface area contributed by atoms with Gasteiger partial charge in [-0.1, -0.05) is 45.2 Å². The molecule has 0 fully saturated rings. The molecule has 3 rings (SSSR count). The molecule has 0 aromatic heterocycles. The number of nitrogens with one attached hydrogen (secondary N) is 3. The number of benzene rings is 3. The summed E-state index contributed by atoms with van der Waals surface area (Å²) in [5.41, 5.74) is -0.222. The van der Waals surface area contributed by atoms with Gasteiger partial charge in [-0.3, -0.25) is 14.4 Å². The number of methoxy groups -OCH3 is 1. The van der Waals surface area contributed by atoms with Crippen LogP contribution >= 0.6 is 39.1 Å². The van der Waals surface area contributed by atoms with Crippen LogP contribution in [0.15, 0.2) is 59.1 Å². The van der Waals surface area contributed by atoms with Gasteiger partial charge >= 0.3 is 0 Å². The smallest absolute Gasteiger partial charge is 0.272 e. The van der Waals surface area contributed by atoms with Crippen molar-refractivity contribution in [2.45, 2.75) is 32.4 Å². The van der Waals surface area contributed by atoms with Crippen molar-refractivity contribution in [3.8, 4) is 5.75 Å². The normalized spacial score (nSPS) is 11.2. The molecule has 0 atom stereocenters. The van der Waals surface area contributed by atoms with Gasteiger partial charge in [-0.2, -0.15) is 0 Å². The standard InChI is InChI=1S/C28H26BrCl2F2N3O5/c1-28(2,40-3)27(39)34-13-15-4-10-20(30)23(24(15)31)26(38)36-18-9-11-21(41-14-22(32)33)19(12-18)25(37)35-17-7-5-16(29)6-8-17/h4-12,22H,13-14H2,1-3H3,(H,34,39)(H,35,37)(H,36,38). The fourth-order valence-electron chi connectivity index (χ4n) is 3.41. The fourth-order valence-corrected chi connectivity index (χ4v) is 4.28. The Morgan fingerprint density at radius 1 is 0.951 bits per heavy atom. The van der Waals surface area contributed by atoms with Crippen molar-refractivity contribution in [1.29, 1.82) is 0 Å². The largest absolute Gasteiger partial charge is 0.487 e. The third-order valence-electron chi connectivity index (χ3n) is 5.84. The summed E-state index contributed by atoms with van der Waals surface area (Å²) >= 11 is 16.1. The molecule has 0 radical (unpaired) electrons. The number of carbonyl (C=O) groups excluding carboxylic acids is 3. The summed E-state index contributed by atoms with van der Waals surface area (Å²) in [6.45, 7) is 2.27. The molecule has 8 nitrogen and oxygen atoms in total. The molecule has 218 valence electrons. The number of hydrogen-bond donors (Lipinski definition) is 3. The molecule has 13 heteroatoms. The molecule has 3 aromatic rings. The van der Waals surface area contributed by atoms with Gasteiger partial charge < -0.3 is 25.4 Å². The third kappa shape index (κ3) is 8.62. The number of anilines is 2. The molecule has 0 heterocycles. The predicted molar refractivity (Wildman–Crippen MR) is 157 cm³/mol. The second kappa shape index (κ2) is 14.1. The highest BCUT2D eigenvalue weighted by atomic mass is 79.9. The van der Waals surface area contributed by atoms with E-state index < -0.39 is 30.4 Å². The van der Waals surface area contributed by atoms with Gasteiger partial charge in [0.25, 0.3) is 24.1 Å². The van der Waals surface area contributed by atoms with Crippen molar-refractivity contribution < 1.29 is 32.6 Å². The highest BCUT2D eigenvalue weighted by Crippen LogP contribution is 2.31. The van der Waals surface area contributed by atoms with Gasteiger partial charge in [-0.15, -0.1) is 0 Å². The Balaban J connectivity index is 1.86. The minimum atomic E-state index is -2.77. The van der Waals surface area contributed by atoms with Crippen molar-refractivity contribution in [2.75, 3.05) is 24.4 Å². The zero-order valence-electron chi connectivity index (χ0n) is 22.1. The van der Waals surface area contributed by atoms with Crippen LogP contribution < -0.4 is 20.7 Å². The highest BCUT2D eigenvalue weighted by Gasteiger charge is 2.27. The van der Waals surface area contributed by atoms with Gasteiger partial charge in [-0.05, 0) is 67.9 Å². The molecule has 0 aliphatic heterocycles. The first-order valence-electron chi connectivity index (χ1n) is 12.1. The van der Waals surface area contributed by atoms with Crippen molar-refractivity contribution in [3.63, 3.8) is 0 Å². The van der Waals surface area contributed by atoms with Crippen molar-refractivity contribution in [3.05, 3.63) is 85.8 Å². The Morgan fingerprint density at radius 3 is 2.22 bits per heavy atom. The molecule has 3 N–H and O–H groups in total. The zero-order chi connectivity index (χ0) is 30.3. The Bertz CT molecular complexity index is 1440. The van der Waals surface area contributed by atoms with Crippen LogP contribution in [0.1, 0.15) is 40.1 Å². The van der Waals surface area contributed by atoms with Gasteiger partial charge in [0, 0.05) is 29.5 Å². The van der Waals surface area contributed by atoms with Crippen LogP contribution in [0, 0.1) is 0 Å². The molecule has 0 spiro atoms. The number of hydrogen-bond acceptors (Lipinski definition) is 5. The van der Waals surface area contributed by atoms with E-state index in [4.69, 9.17) is 32.7 Å². The monoisotopic (exact) mass is 671 g/mol. The van der Waals surface area contributed by atoms with E-state index in [2.05, 4.69) is 31.9 Å². The Labute approximate surface area is 253 Å². The molecule has 0 aliphatic carbocycles. The lowest BCUT2D eigenvalue weighted by Crippen LogP contribution is -2.43. The maximum Gasteiger partial charge on any atom is 0.272 e. The molecular weight excluding hydrogens is 647 g/mol. The summed E-state index contributed by atoms with van der Waals surface area (Å²) in [6.07, 6.45) is -2.77. The molecule has 0 saturated heterocycles. The topological polar surface area (TPSA) is 106 Å². The number of carbonyl (C=O) groups is 3. The molecule has 0 unspecified atom stereocenters. The molecule has 3 amide bonds. The highest BCUT2D eigenvalue weighted by molar-refractivity contribution is 9.10. The fraction of sp³-hybridized carbons (Fsp3) is 0.250. The quantitative estimate of drug-likeness (QED) is 0.205. The van der Waals surface area contributed by atoms with Gasteiger partial charge in [-0.25, -0.2) is 8.78 Å². The summed E-state index contributed by atoms with van der Waals surface area (Å²) < 4.78 is 36.7. The lowest BCUT2D eigenvalue weighted by molar-refractivity contribution is -0.139. The maximum atomic E-state index is 13.2. The molecule has 0 aliphatic rings. The minimum Gasteiger partial charge on any atom is -0.487 e. The second-order valence-electron chi connectivity index (χ2n) is 9.12. The number of ether oxygens (including phenoxy) is 2. The molecule has 41 heavy (non-hydrogen) atoms. The predicted octanol–water partition coefficient (Wildman–Crippen LogP) is 6.95. The van der Waals surface area contributed by atoms with E-state index >= 15 is 0 Å². The van der Waals surface area contributed by atoms with Crippen molar-refractivity contribution >= 4 is 68.2 Å². The van der Waals surface area contributed by atoms with E-state index in [1.165, 1.54) is 31.4 Å². The number of halogens is 5. The van der Waals surface area contributed by atoms with Crippen LogP contribution in [0.5, 0.6) is 5.75 Å². The minimum absolute atomic E-state index is 0.00153. The summed E-state index contributed by atoms with van der Waals surface area (Å²) in [7, 11) is 1.41. The Kier molecular flexibility index (Phi) is 11.1. The average molecular weight is 673 g/mol. The first-order valence-corrected chi connectivity index (χ1v) is 13.6. The van der Waals surface area contributed by atoms with Gasteiger partial charge in [0.05, 0.1) is 21.2 Å². The van der Waals surface area contributed by atoms with E-state index in [0.717, 1.165) is 4.47 Å². The molecule has 0 saturated carbocycles.